The summed E-state index contributed by atoms with van der Waals surface area (Å²) in [4.78, 5) is 22.4. The van der Waals surface area contributed by atoms with Crippen LogP contribution in [0.3, 0.4) is 0 Å². The molecule has 0 aliphatic heterocycles. The van der Waals surface area contributed by atoms with Gasteiger partial charge in [0.15, 0.2) is 6.61 Å². The van der Waals surface area contributed by atoms with Crippen molar-refractivity contribution in [2.24, 2.45) is 0 Å². The van der Waals surface area contributed by atoms with Crippen molar-refractivity contribution in [3.63, 3.8) is 0 Å². The number of aryl methyl sites for hydroxylation is 2. The second-order valence-corrected chi connectivity index (χ2v) is 4.94. The molecule has 0 aromatic heterocycles. The van der Waals surface area contributed by atoms with E-state index in [0.717, 1.165) is 19.3 Å². The summed E-state index contributed by atoms with van der Waals surface area (Å²) in [6, 6.07) is 4.99. The third-order valence-electron chi connectivity index (χ3n) is 3.48. The number of carboxylic acid groups (broad SMARTS) is 1. The molecule has 2 N–H and O–H groups in total. The summed E-state index contributed by atoms with van der Waals surface area (Å²) in [6.45, 7) is 1.54. The quantitative estimate of drug-likeness (QED) is 0.827. The second kappa shape index (κ2) is 6.41. The van der Waals surface area contributed by atoms with Crippen molar-refractivity contribution in [1.82, 2.24) is 5.32 Å². The largest absolute Gasteiger partial charge is 0.484 e. The zero-order chi connectivity index (χ0) is 14.5. The molecule has 0 fully saturated rings. The molecule has 0 heterocycles. The lowest BCUT2D eigenvalue weighted by Crippen LogP contribution is -2.42. The van der Waals surface area contributed by atoms with Crippen LogP contribution in [0, 0.1) is 0 Å². The molecule has 108 valence electrons. The first-order chi connectivity index (χ1) is 9.60. The van der Waals surface area contributed by atoms with Crippen LogP contribution >= 0.6 is 0 Å². The Kier molecular flexibility index (Phi) is 4.61. The number of aliphatic carboxylic acids is 1. The van der Waals surface area contributed by atoms with Crippen LogP contribution in [0.2, 0.25) is 0 Å². The SMILES string of the molecule is CC[C@H](NC(=O)COc1ccc2c(c1)CCC2)C(=O)O. The Morgan fingerprint density at radius 1 is 1.35 bits per heavy atom. The van der Waals surface area contributed by atoms with Crippen LogP contribution in [-0.2, 0) is 22.4 Å². The first-order valence-electron chi connectivity index (χ1n) is 6.87. The molecule has 0 saturated carbocycles. The maximum absolute atomic E-state index is 11.6. The molecule has 5 heteroatoms. The minimum absolute atomic E-state index is 0.164. The van der Waals surface area contributed by atoms with Crippen LogP contribution in [0.1, 0.15) is 30.9 Å². The van der Waals surface area contributed by atoms with Crippen molar-refractivity contribution in [3.8, 4) is 5.75 Å². The monoisotopic (exact) mass is 277 g/mol. The van der Waals surface area contributed by atoms with Crippen LogP contribution < -0.4 is 10.1 Å². The average molecular weight is 277 g/mol. The molecule has 0 saturated heterocycles. The van der Waals surface area contributed by atoms with E-state index in [1.165, 1.54) is 11.1 Å². The third-order valence-corrected chi connectivity index (χ3v) is 3.48. The van der Waals surface area contributed by atoms with E-state index < -0.39 is 17.9 Å². The van der Waals surface area contributed by atoms with Gasteiger partial charge in [0, 0.05) is 0 Å². The molecule has 1 aliphatic rings. The number of benzene rings is 1. The molecule has 2 rings (SSSR count). The zero-order valence-corrected chi connectivity index (χ0v) is 11.5. The molecule has 1 aromatic rings. The van der Waals surface area contributed by atoms with Crippen molar-refractivity contribution < 1.29 is 19.4 Å². The summed E-state index contributed by atoms with van der Waals surface area (Å²) >= 11 is 0. The lowest BCUT2D eigenvalue weighted by molar-refractivity contribution is -0.142. The van der Waals surface area contributed by atoms with Crippen LogP contribution in [-0.4, -0.2) is 29.6 Å². The Morgan fingerprint density at radius 3 is 2.80 bits per heavy atom. The van der Waals surface area contributed by atoms with Gasteiger partial charge in [-0.05, 0) is 48.9 Å². The van der Waals surface area contributed by atoms with Crippen LogP contribution in [0.4, 0.5) is 0 Å². The highest BCUT2D eigenvalue weighted by Gasteiger charge is 2.18. The topological polar surface area (TPSA) is 75.6 Å². The van der Waals surface area contributed by atoms with Gasteiger partial charge >= 0.3 is 5.97 Å². The maximum Gasteiger partial charge on any atom is 0.326 e. The number of carbonyl (C=O) groups excluding carboxylic acids is 1. The van der Waals surface area contributed by atoms with E-state index >= 15 is 0 Å². The van der Waals surface area contributed by atoms with Crippen molar-refractivity contribution in [1.29, 1.82) is 0 Å². The lowest BCUT2D eigenvalue weighted by atomic mass is 10.1. The van der Waals surface area contributed by atoms with Crippen molar-refractivity contribution in [2.75, 3.05) is 6.61 Å². The van der Waals surface area contributed by atoms with Crippen molar-refractivity contribution >= 4 is 11.9 Å². The molecule has 1 amide bonds. The van der Waals surface area contributed by atoms with E-state index in [1.807, 2.05) is 18.2 Å². The molecule has 1 aromatic carbocycles. The van der Waals surface area contributed by atoms with E-state index in [2.05, 4.69) is 5.32 Å². The fourth-order valence-electron chi connectivity index (χ4n) is 2.36. The number of nitrogens with one attached hydrogen (secondary N) is 1. The Balaban J connectivity index is 1.85. The molecule has 20 heavy (non-hydrogen) atoms. The zero-order valence-electron chi connectivity index (χ0n) is 11.5. The lowest BCUT2D eigenvalue weighted by Gasteiger charge is -2.13. The predicted molar refractivity (Wildman–Crippen MR) is 73.8 cm³/mol. The van der Waals surface area contributed by atoms with Gasteiger partial charge < -0.3 is 15.2 Å². The highest BCUT2D eigenvalue weighted by atomic mass is 16.5. The number of rotatable bonds is 6. The van der Waals surface area contributed by atoms with E-state index in [-0.39, 0.29) is 6.61 Å². The summed E-state index contributed by atoms with van der Waals surface area (Å²) in [7, 11) is 0. The number of carbonyl (C=O) groups is 2. The molecule has 1 atom stereocenters. The Bertz CT molecular complexity index is 513. The molecule has 0 radical (unpaired) electrons. The number of hydrogen-bond donors (Lipinski definition) is 2. The van der Waals surface area contributed by atoms with Gasteiger partial charge in [0.1, 0.15) is 11.8 Å². The summed E-state index contributed by atoms with van der Waals surface area (Å²) < 4.78 is 5.41. The van der Waals surface area contributed by atoms with Gasteiger partial charge in [-0.3, -0.25) is 4.79 Å². The number of ether oxygens (including phenoxy) is 1. The summed E-state index contributed by atoms with van der Waals surface area (Å²) in [5.74, 6) is -0.790. The van der Waals surface area contributed by atoms with E-state index in [0.29, 0.717) is 12.2 Å². The van der Waals surface area contributed by atoms with Crippen molar-refractivity contribution in [3.05, 3.63) is 29.3 Å². The molecular weight excluding hydrogens is 258 g/mol. The number of hydrogen-bond acceptors (Lipinski definition) is 3. The van der Waals surface area contributed by atoms with E-state index in [1.54, 1.807) is 6.92 Å². The number of carboxylic acids is 1. The fraction of sp³-hybridized carbons (Fsp3) is 0.467. The van der Waals surface area contributed by atoms with Crippen LogP contribution in [0.5, 0.6) is 5.75 Å². The predicted octanol–water partition coefficient (Wildman–Crippen LogP) is 1.53. The molecule has 0 spiro atoms. The minimum atomic E-state index is -1.03. The van der Waals surface area contributed by atoms with Gasteiger partial charge in [0.05, 0.1) is 0 Å². The smallest absolute Gasteiger partial charge is 0.326 e. The average Bonchev–Trinajstić information content (AvgIpc) is 2.89. The van der Waals surface area contributed by atoms with Gasteiger partial charge in [0.2, 0.25) is 0 Å². The molecular formula is C15H19NO4. The van der Waals surface area contributed by atoms with E-state index in [4.69, 9.17) is 9.84 Å². The van der Waals surface area contributed by atoms with Gasteiger partial charge in [-0.15, -0.1) is 0 Å². The summed E-state index contributed by atoms with van der Waals surface area (Å²) in [6.07, 6.45) is 3.67. The molecule has 5 nitrogen and oxygen atoms in total. The highest BCUT2D eigenvalue weighted by molar-refractivity contribution is 5.84. The highest BCUT2D eigenvalue weighted by Crippen LogP contribution is 2.25. The van der Waals surface area contributed by atoms with Gasteiger partial charge in [0.25, 0.3) is 5.91 Å². The molecule has 0 unspecified atom stereocenters. The number of amides is 1. The Morgan fingerprint density at radius 2 is 2.10 bits per heavy atom. The first-order valence-corrected chi connectivity index (χ1v) is 6.87. The number of fused-ring (bicyclic) bond motifs is 1. The second-order valence-electron chi connectivity index (χ2n) is 4.94. The summed E-state index contributed by atoms with van der Waals surface area (Å²) in [5.41, 5.74) is 2.62. The Hall–Kier alpha value is -2.04. The molecule has 0 bridgehead atoms. The normalized spacial score (nSPS) is 14.4. The summed E-state index contributed by atoms with van der Waals surface area (Å²) in [5, 5.41) is 11.3. The van der Waals surface area contributed by atoms with Crippen LogP contribution in [0.15, 0.2) is 18.2 Å². The van der Waals surface area contributed by atoms with Crippen LogP contribution in [0.25, 0.3) is 0 Å². The van der Waals surface area contributed by atoms with Gasteiger partial charge in [-0.2, -0.15) is 0 Å². The molecule has 1 aliphatic carbocycles. The van der Waals surface area contributed by atoms with Crippen molar-refractivity contribution in [2.45, 2.75) is 38.6 Å². The van der Waals surface area contributed by atoms with Gasteiger partial charge in [-0.25, -0.2) is 4.79 Å². The minimum Gasteiger partial charge on any atom is -0.484 e. The van der Waals surface area contributed by atoms with E-state index in [9.17, 15) is 9.59 Å². The first kappa shape index (κ1) is 14.4. The fourth-order valence-corrected chi connectivity index (χ4v) is 2.36. The maximum atomic E-state index is 11.6. The third kappa shape index (κ3) is 3.50. The van der Waals surface area contributed by atoms with Gasteiger partial charge in [-0.1, -0.05) is 13.0 Å². The standard InChI is InChI=1S/C15H19NO4/c1-2-13(15(18)19)16-14(17)9-20-12-7-6-10-4-3-5-11(10)8-12/h6-8,13H,2-5,9H2,1H3,(H,16,17)(H,18,19)/t13-/m0/s1. The Labute approximate surface area is 117 Å².